The molecule has 1 rings (SSSR count). The van der Waals surface area contributed by atoms with Crippen LogP contribution in [0.2, 0.25) is 0 Å². The number of amides is 1. The van der Waals surface area contributed by atoms with Crippen LogP contribution >= 0.6 is 0 Å². The molecule has 0 aromatic heterocycles. The predicted octanol–water partition coefficient (Wildman–Crippen LogP) is 1.92. The fraction of sp³-hybridized carbons (Fsp3) is 0.533. The molecule has 4 heteroatoms. The molecule has 1 unspecified atom stereocenters. The summed E-state index contributed by atoms with van der Waals surface area (Å²) in [6, 6.07) is 7.88. The first-order valence-electron chi connectivity index (χ1n) is 6.69. The fourth-order valence-corrected chi connectivity index (χ4v) is 2.03. The van der Waals surface area contributed by atoms with E-state index in [1.807, 2.05) is 52.2 Å². The van der Waals surface area contributed by atoms with E-state index in [1.54, 1.807) is 0 Å². The van der Waals surface area contributed by atoms with Crippen molar-refractivity contribution < 1.29 is 4.79 Å². The third-order valence-electron chi connectivity index (χ3n) is 3.16. The van der Waals surface area contributed by atoms with Gasteiger partial charge in [0.25, 0.3) is 0 Å². The topological polar surface area (TPSA) is 58.4 Å². The van der Waals surface area contributed by atoms with Crippen molar-refractivity contribution in [2.24, 2.45) is 17.6 Å². The van der Waals surface area contributed by atoms with Gasteiger partial charge in [-0.3, -0.25) is 4.79 Å². The standard InChI is InChI=1S/C15H25N3O/c1-11(2)13(9-16)15(19)17-14-8-6-5-7-12(14)10-18(3)4/h5-8,11,13H,9-10,16H2,1-4H3,(H,17,19). The molecular formula is C15H25N3O. The maximum absolute atomic E-state index is 12.2. The Kier molecular flexibility index (Phi) is 5.99. The molecule has 19 heavy (non-hydrogen) atoms. The summed E-state index contributed by atoms with van der Waals surface area (Å²) in [6.45, 7) is 5.20. The number of para-hydroxylation sites is 1. The van der Waals surface area contributed by atoms with Crippen LogP contribution in [-0.2, 0) is 11.3 Å². The van der Waals surface area contributed by atoms with Gasteiger partial charge in [0.2, 0.25) is 5.91 Å². The molecule has 4 nitrogen and oxygen atoms in total. The van der Waals surface area contributed by atoms with Crippen LogP contribution in [0.25, 0.3) is 0 Å². The Bertz CT molecular complexity index is 416. The van der Waals surface area contributed by atoms with Gasteiger partial charge in [-0.2, -0.15) is 0 Å². The van der Waals surface area contributed by atoms with Gasteiger partial charge in [-0.1, -0.05) is 32.0 Å². The molecule has 0 aliphatic heterocycles. The summed E-state index contributed by atoms with van der Waals surface area (Å²) in [4.78, 5) is 14.3. The lowest BCUT2D eigenvalue weighted by Gasteiger charge is -2.20. The molecule has 0 aliphatic rings. The number of hydrogen-bond acceptors (Lipinski definition) is 3. The third-order valence-corrected chi connectivity index (χ3v) is 3.16. The molecule has 0 saturated heterocycles. The summed E-state index contributed by atoms with van der Waals surface area (Å²) in [6.07, 6.45) is 0. The van der Waals surface area contributed by atoms with Gasteiger partial charge < -0.3 is 16.0 Å². The van der Waals surface area contributed by atoms with Gasteiger partial charge in [0, 0.05) is 18.8 Å². The van der Waals surface area contributed by atoms with Gasteiger partial charge >= 0.3 is 0 Å². The van der Waals surface area contributed by atoms with Gasteiger partial charge in [-0.25, -0.2) is 0 Å². The van der Waals surface area contributed by atoms with E-state index in [-0.39, 0.29) is 17.7 Å². The molecule has 0 heterocycles. The van der Waals surface area contributed by atoms with Crippen molar-refractivity contribution in [1.82, 2.24) is 4.90 Å². The molecular weight excluding hydrogens is 238 g/mol. The third kappa shape index (κ3) is 4.65. The Morgan fingerprint density at radius 2 is 1.95 bits per heavy atom. The molecule has 1 atom stereocenters. The summed E-state index contributed by atoms with van der Waals surface area (Å²) < 4.78 is 0. The minimum absolute atomic E-state index is 0.00343. The lowest BCUT2D eigenvalue weighted by molar-refractivity contribution is -0.120. The molecule has 0 spiro atoms. The number of nitrogens with zero attached hydrogens (tertiary/aromatic N) is 1. The number of carbonyl (C=O) groups excluding carboxylic acids is 1. The van der Waals surface area contributed by atoms with Crippen LogP contribution in [0.4, 0.5) is 5.69 Å². The Labute approximate surface area is 116 Å². The number of hydrogen-bond donors (Lipinski definition) is 2. The van der Waals surface area contributed by atoms with Gasteiger partial charge in [0.15, 0.2) is 0 Å². The van der Waals surface area contributed by atoms with Crippen molar-refractivity contribution in [2.75, 3.05) is 26.0 Å². The Morgan fingerprint density at radius 1 is 1.32 bits per heavy atom. The highest BCUT2D eigenvalue weighted by molar-refractivity contribution is 5.93. The second kappa shape index (κ2) is 7.26. The van der Waals surface area contributed by atoms with Crippen molar-refractivity contribution in [1.29, 1.82) is 0 Å². The summed E-state index contributed by atoms with van der Waals surface area (Å²) in [5.74, 6) is 0.0992. The molecule has 0 radical (unpaired) electrons. The van der Waals surface area contributed by atoms with Crippen LogP contribution in [0, 0.1) is 11.8 Å². The van der Waals surface area contributed by atoms with Crippen LogP contribution in [0.3, 0.4) is 0 Å². The summed E-state index contributed by atoms with van der Waals surface area (Å²) in [5, 5.41) is 3.00. The lowest BCUT2D eigenvalue weighted by atomic mass is 9.95. The zero-order chi connectivity index (χ0) is 14.4. The van der Waals surface area contributed by atoms with Gasteiger partial charge in [0.1, 0.15) is 0 Å². The minimum Gasteiger partial charge on any atom is -0.330 e. The van der Waals surface area contributed by atoms with Crippen LogP contribution < -0.4 is 11.1 Å². The van der Waals surface area contributed by atoms with Crippen molar-refractivity contribution in [2.45, 2.75) is 20.4 Å². The lowest BCUT2D eigenvalue weighted by Crippen LogP contribution is -2.33. The minimum atomic E-state index is -0.146. The average Bonchev–Trinajstić information content (AvgIpc) is 2.31. The molecule has 1 amide bonds. The Balaban J connectivity index is 2.84. The number of anilines is 1. The zero-order valence-electron chi connectivity index (χ0n) is 12.3. The van der Waals surface area contributed by atoms with Gasteiger partial charge in [0.05, 0.1) is 5.92 Å². The predicted molar refractivity (Wildman–Crippen MR) is 79.8 cm³/mol. The smallest absolute Gasteiger partial charge is 0.229 e. The fourth-order valence-electron chi connectivity index (χ4n) is 2.03. The van der Waals surface area contributed by atoms with Crippen LogP contribution in [0.5, 0.6) is 0 Å². The van der Waals surface area contributed by atoms with Crippen molar-refractivity contribution in [3.63, 3.8) is 0 Å². The average molecular weight is 263 g/mol. The number of benzene rings is 1. The Morgan fingerprint density at radius 3 is 2.47 bits per heavy atom. The van der Waals surface area contributed by atoms with Gasteiger partial charge in [-0.15, -0.1) is 0 Å². The SMILES string of the molecule is CC(C)C(CN)C(=O)Nc1ccccc1CN(C)C. The number of carbonyl (C=O) groups is 1. The normalized spacial score (nSPS) is 12.8. The first-order chi connectivity index (χ1) is 8.95. The molecule has 1 aromatic rings. The van der Waals surface area contributed by atoms with Crippen molar-refractivity contribution >= 4 is 11.6 Å². The molecule has 1 aromatic carbocycles. The molecule has 0 bridgehead atoms. The molecule has 0 aliphatic carbocycles. The maximum atomic E-state index is 12.2. The number of nitrogens with one attached hydrogen (secondary N) is 1. The van der Waals surface area contributed by atoms with Crippen LogP contribution in [0.15, 0.2) is 24.3 Å². The molecule has 106 valence electrons. The van der Waals surface area contributed by atoms with Crippen LogP contribution in [-0.4, -0.2) is 31.4 Å². The van der Waals surface area contributed by atoms with E-state index in [9.17, 15) is 4.79 Å². The molecule has 3 N–H and O–H groups in total. The van der Waals surface area contributed by atoms with E-state index in [2.05, 4.69) is 10.2 Å². The summed E-state index contributed by atoms with van der Waals surface area (Å²) >= 11 is 0. The van der Waals surface area contributed by atoms with E-state index in [1.165, 1.54) is 0 Å². The van der Waals surface area contributed by atoms with Crippen LogP contribution in [0.1, 0.15) is 19.4 Å². The second-order valence-electron chi connectivity index (χ2n) is 5.47. The largest absolute Gasteiger partial charge is 0.330 e. The van der Waals surface area contributed by atoms with E-state index in [4.69, 9.17) is 5.73 Å². The Hall–Kier alpha value is -1.39. The van der Waals surface area contributed by atoms with Gasteiger partial charge in [-0.05, 0) is 31.6 Å². The van der Waals surface area contributed by atoms with E-state index in [0.29, 0.717) is 6.54 Å². The summed E-state index contributed by atoms with van der Waals surface area (Å²) in [5.41, 5.74) is 7.66. The first-order valence-corrected chi connectivity index (χ1v) is 6.69. The van der Waals surface area contributed by atoms with E-state index < -0.39 is 0 Å². The highest BCUT2D eigenvalue weighted by Crippen LogP contribution is 2.19. The number of nitrogens with two attached hydrogens (primary N) is 1. The van der Waals surface area contributed by atoms with Crippen molar-refractivity contribution in [3.8, 4) is 0 Å². The first kappa shape index (κ1) is 15.7. The highest BCUT2D eigenvalue weighted by atomic mass is 16.1. The van der Waals surface area contributed by atoms with Crippen molar-refractivity contribution in [3.05, 3.63) is 29.8 Å². The second-order valence-corrected chi connectivity index (χ2v) is 5.47. The van der Waals surface area contributed by atoms with E-state index >= 15 is 0 Å². The maximum Gasteiger partial charge on any atom is 0.229 e. The molecule has 0 saturated carbocycles. The molecule has 0 fully saturated rings. The quantitative estimate of drug-likeness (QED) is 0.824. The number of rotatable bonds is 6. The highest BCUT2D eigenvalue weighted by Gasteiger charge is 2.21. The zero-order valence-corrected chi connectivity index (χ0v) is 12.3. The summed E-state index contributed by atoms with van der Waals surface area (Å²) in [7, 11) is 4.02. The monoisotopic (exact) mass is 263 g/mol. The van der Waals surface area contributed by atoms with E-state index in [0.717, 1.165) is 17.8 Å².